The van der Waals surface area contributed by atoms with Crippen molar-refractivity contribution < 1.29 is 4.74 Å². The zero-order valence-corrected chi connectivity index (χ0v) is 18.4. The number of anilines is 1. The fraction of sp³-hybridized carbons (Fsp3) is 0.474. The monoisotopic (exact) mass is 484 g/mol. The van der Waals surface area contributed by atoms with Gasteiger partial charge >= 0.3 is 0 Å². The Labute approximate surface area is 178 Å². The lowest BCUT2D eigenvalue weighted by Gasteiger charge is -2.38. The van der Waals surface area contributed by atoms with Crippen LogP contribution in [0.1, 0.15) is 6.42 Å². The van der Waals surface area contributed by atoms with Gasteiger partial charge in [-0.3, -0.25) is 4.99 Å². The third kappa shape index (κ3) is 5.75. The number of para-hydroxylation sites is 2. The maximum atomic E-state index is 5.49. The molecule has 1 fully saturated rings. The van der Waals surface area contributed by atoms with E-state index in [2.05, 4.69) is 41.8 Å². The van der Waals surface area contributed by atoms with Gasteiger partial charge in [0.2, 0.25) is 0 Å². The van der Waals surface area contributed by atoms with E-state index < -0.39 is 0 Å². The summed E-state index contributed by atoms with van der Waals surface area (Å²) in [6.07, 6.45) is 6.70. The quantitative estimate of drug-likeness (QED) is 0.295. The van der Waals surface area contributed by atoms with Gasteiger partial charge in [0.05, 0.1) is 19.1 Å². The predicted octanol–water partition coefficient (Wildman–Crippen LogP) is 2.30. The Morgan fingerprint density at radius 1 is 1.22 bits per heavy atom. The van der Waals surface area contributed by atoms with Crippen LogP contribution in [-0.4, -0.2) is 67.3 Å². The van der Waals surface area contributed by atoms with Gasteiger partial charge < -0.3 is 24.4 Å². The molecule has 148 valence electrons. The van der Waals surface area contributed by atoms with Crippen molar-refractivity contribution in [2.45, 2.75) is 13.0 Å². The Morgan fingerprint density at radius 2 is 2.00 bits per heavy atom. The number of methoxy groups -OCH3 is 1. The van der Waals surface area contributed by atoms with Crippen LogP contribution in [0, 0.1) is 0 Å². The number of aromatic nitrogens is 2. The number of halogens is 1. The van der Waals surface area contributed by atoms with E-state index in [4.69, 9.17) is 4.74 Å². The van der Waals surface area contributed by atoms with Gasteiger partial charge in [-0.25, -0.2) is 4.98 Å². The molecule has 2 heterocycles. The minimum Gasteiger partial charge on any atom is -0.495 e. The second-order valence-electron chi connectivity index (χ2n) is 6.27. The lowest BCUT2D eigenvalue weighted by atomic mass is 10.2. The van der Waals surface area contributed by atoms with Crippen LogP contribution in [0.25, 0.3) is 0 Å². The maximum Gasteiger partial charge on any atom is 0.193 e. The van der Waals surface area contributed by atoms with Crippen LogP contribution in [0.5, 0.6) is 5.75 Å². The van der Waals surface area contributed by atoms with Gasteiger partial charge in [-0.2, -0.15) is 0 Å². The van der Waals surface area contributed by atoms with Crippen LogP contribution in [0.4, 0.5) is 5.69 Å². The topological polar surface area (TPSA) is 57.9 Å². The van der Waals surface area contributed by atoms with Crippen molar-refractivity contribution in [3.63, 3.8) is 0 Å². The maximum absolute atomic E-state index is 5.49. The molecule has 1 saturated heterocycles. The summed E-state index contributed by atoms with van der Waals surface area (Å²) < 4.78 is 7.59. The summed E-state index contributed by atoms with van der Waals surface area (Å²) in [4.78, 5) is 13.2. The largest absolute Gasteiger partial charge is 0.495 e. The van der Waals surface area contributed by atoms with E-state index in [-0.39, 0.29) is 24.0 Å². The number of nitrogens with zero attached hydrogens (tertiary/aromatic N) is 5. The van der Waals surface area contributed by atoms with Crippen LogP contribution >= 0.6 is 24.0 Å². The van der Waals surface area contributed by atoms with Gasteiger partial charge in [0.1, 0.15) is 5.75 Å². The van der Waals surface area contributed by atoms with Crippen molar-refractivity contribution in [2.24, 2.45) is 4.99 Å². The summed E-state index contributed by atoms with van der Waals surface area (Å²) in [5.74, 6) is 1.92. The Bertz CT molecular complexity index is 698. The molecule has 8 heteroatoms. The van der Waals surface area contributed by atoms with Crippen molar-refractivity contribution in [1.29, 1.82) is 0 Å². The number of hydrogen-bond acceptors (Lipinski definition) is 4. The number of ether oxygens (including phenoxy) is 1. The van der Waals surface area contributed by atoms with E-state index in [0.717, 1.165) is 63.1 Å². The first kappa shape index (κ1) is 21.3. The first-order chi connectivity index (χ1) is 12.8. The van der Waals surface area contributed by atoms with Gasteiger partial charge in [0.25, 0.3) is 0 Å². The molecule has 2 aromatic rings. The van der Waals surface area contributed by atoms with Crippen LogP contribution in [0.2, 0.25) is 0 Å². The first-order valence-electron chi connectivity index (χ1n) is 9.11. The average molecular weight is 484 g/mol. The molecule has 1 aliphatic rings. The van der Waals surface area contributed by atoms with E-state index >= 15 is 0 Å². The highest BCUT2D eigenvalue weighted by atomic mass is 127. The Morgan fingerprint density at radius 3 is 2.67 bits per heavy atom. The number of hydrogen-bond donors (Lipinski definition) is 1. The summed E-state index contributed by atoms with van der Waals surface area (Å²) in [5.41, 5.74) is 1.16. The van der Waals surface area contributed by atoms with E-state index in [1.165, 1.54) is 0 Å². The van der Waals surface area contributed by atoms with Crippen LogP contribution < -0.4 is 15.0 Å². The molecule has 7 nitrogen and oxygen atoms in total. The Balaban J connectivity index is 0.00000261. The van der Waals surface area contributed by atoms with Gasteiger partial charge in [-0.05, 0) is 18.6 Å². The second kappa shape index (κ2) is 11.0. The number of benzene rings is 1. The van der Waals surface area contributed by atoms with E-state index in [1.54, 1.807) is 7.11 Å². The highest BCUT2D eigenvalue weighted by molar-refractivity contribution is 14.0. The first-order valence-corrected chi connectivity index (χ1v) is 9.11. The zero-order valence-electron chi connectivity index (χ0n) is 16.0. The molecule has 0 aliphatic carbocycles. The molecule has 1 aromatic carbocycles. The minimum absolute atomic E-state index is 0. The number of rotatable bonds is 6. The molecule has 0 unspecified atom stereocenters. The molecule has 3 rings (SSSR count). The number of aliphatic imine (C=N–C) groups is 1. The van der Waals surface area contributed by atoms with Crippen LogP contribution in [-0.2, 0) is 6.54 Å². The summed E-state index contributed by atoms with van der Waals surface area (Å²) >= 11 is 0. The molecule has 1 N–H and O–H groups in total. The van der Waals surface area contributed by atoms with Crippen molar-refractivity contribution in [3.8, 4) is 5.75 Å². The molecule has 1 aromatic heterocycles. The van der Waals surface area contributed by atoms with Crippen molar-refractivity contribution in [3.05, 3.63) is 43.0 Å². The van der Waals surface area contributed by atoms with E-state index in [9.17, 15) is 0 Å². The Hall–Kier alpha value is -1.97. The molecule has 0 spiro atoms. The smallest absolute Gasteiger partial charge is 0.193 e. The third-order valence-electron chi connectivity index (χ3n) is 4.65. The van der Waals surface area contributed by atoms with Crippen molar-refractivity contribution in [1.82, 2.24) is 19.8 Å². The molecule has 0 bridgehead atoms. The van der Waals surface area contributed by atoms with Crippen LogP contribution in [0.3, 0.4) is 0 Å². The van der Waals surface area contributed by atoms with E-state index in [0.29, 0.717) is 0 Å². The standard InChI is InChI=1S/C19H28N6O.HI/c1-20-19(22-8-5-10-23-11-9-21-16-23)25-14-12-24(13-15-25)17-6-3-4-7-18(17)26-2;/h3-4,6-7,9,11,16H,5,8,10,12-15H2,1-2H3,(H,20,22);1H. The molecule has 0 atom stereocenters. The number of aryl methyl sites for hydroxylation is 1. The molecular formula is C19H29IN6O. The van der Waals surface area contributed by atoms with Gasteiger partial charge in [-0.1, -0.05) is 12.1 Å². The zero-order chi connectivity index (χ0) is 18.2. The van der Waals surface area contributed by atoms with Crippen molar-refractivity contribution in [2.75, 3.05) is 51.8 Å². The Kier molecular flexibility index (Phi) is 8.70. The SMILES string of the molecule is CN=C(NCCCn1ccnc1)N1CCN(c2ccccc2OC)CC1.I. The number of imidazole rings is 1. The van der Waals surface area contributed by atoms with E-state index in [1.807, 2.05) is 37.9 Å². The highest BCUT2D eigenvalue weighted by Crippen LogP contribution is 2.28. The van der Waals surface area contributed by atoms with Gasteiger partial charge in [0, 0.05) is 58.7 Å². The van der Waals surface area contributed by atoms with Gasteiger partial charge in [0.15, 0.2) is 5.96 Å². The number of guanidine groups is 1. The fourth-order valence-corrected chi connectivity index (χ4v) is 3.26. The lowest BCUT2D eigenvalue weighted by Crippen LogP contribution is -2.52. The van der Waals surface area contributed by atoms with Crippen molar-refractivity contribution >= 4 is 35.6 Å². The predicted molar refractivity (Wildman–Crippen MR) is 120 cm³/mol. The summed E-state index contributed by atoms with van der Waals surface area (Å²) in [6, 6.07) is 8.21. The normalized spacial score (nSPS) is 14.7. The summed E-state index contributed by atoms with van der Waals surface area (Å²) in [6.45, 7) is 5.66. The number of nitrogens with one attached hydrogen (secondary N) is 1. The average Bonchev–Trinajstić information content (AvgIpc) is 3.22. The molecule has 27 heavy (non-hydrogen) atoms. The number of piperazine rings is 1. The highest BCUT2D eigenvalue weighted by Gasteiger charge is 2.21. The molecule has 1 aliphatic heterocycles. The van der Waals surface area contributed by atoms with Crippen LogP contribution in [0.15, 0.2) is 48.0 Å². The molecular weight excluding hydrogens is 455 g/mol. The summed E-state index contributed by atoms with van der Waals surface area (Å²) in [5, 5.41) is 3.48. The van der Waals surface area contributed by atoms with Gasteiger partial charge in [-0.15, -0.1) is 24.0 Å². The molecule has 0 amide bonds. The molecule has 0 radical (unpaired) electrons. The fourth-order valence-electron chi connectivity index (χ4n) is 3.26. The minimum atomic E-state index is 0. The lowest BCUT2D eigenvalue weighted by molar-refractivity contribution is 0.366. The second-order valence-corrected chi connectivity index (χ2v) is 6.27. The summed E-state index contributed by atoms with van der Waals surface area (Å²) in [7, 11) is 3.58. The third-order valence-corrected chi connectivity index (χ3v) is 4.65. The molecule has 0 saturated carbocycles.